The Bertz CT molecular complexity index is 577. The molecule has 0 spiro atoms. The monoisotopic (exact) mass is 172 g/mol. The maximum atomic E-state index is 5.55. The van der Waals surface area contributed by atoms with E-state index in [1.165, 1.54) is 0 Å². The van der Waals surface area contributed by atoms with Crippen molar-refractivity contribution in [1.82, 2.24) is 9.38 Å². The fourth-order valence-corrected chi connectivity index (χ4v) is 1.52. The number of fused-ring (bicyclic) bond motifs is 3. The van der Waals surface area contributed by atoms with E-state index in [-0.39, 0.29) is 0 Å². The van der Waals surface area contributed by atoms with Crippen molar-refractivity contribution < 1.29 is 4.42 Å². The van der Waals surface area contributed by atoms with Crippen LogP contribution in [-0.2, 0) is 0 Å². The van der Waals surface area contributed by atoms with E-state index >= 15 is 0 Å². The van der Waals surface area contributed by atoms with Gasteiger partial charge in [-0.2, -0.15) is 0 Å². The molecule has 0 radical (unpaired) electrons. The van der Waals surface area contributed by atoms with E-state index in [0.29, 0.717) is 0 Å². The number of nitrogens with zero attached hydrogens (tertiary/aromatic N) is 2. The van der Waals surface area contributed by atoms with Crippen molar-refractivity contribution in [2.45, 2.75) is 6.92 Å². The fourth-order valence-electron chi connectivity index (χ4n) is 1.52. The van der Waals surface area contributed by atoms with Crippen molar-refractivity contribution in [3.8, 4) is 0 Å². The summed E-state index contributed by atoms with van der Waals surface area (Å²) in [6.07, 6.45) is 1.95. The van der Waals surface area contributed by atoms with E-state index in [2.05, 4.69) is 4.98 Å². The van der Waals surface area contributed by atoms with Gasteiger partial charge >= 0.3 is 0 Å². The number of aryl methyl sites for hydroxylation is 1. The topological polar surface area (TPSA) is 30.4 Å². The smallest absolute Gasteiger partial charge is 0.206 e. The van der Waals surface area contributed by atoms with Crippen LogP contribution >= 0.6 is 0 Å². The van der Waals surface area contributed by atoms with Crippen LogP contribution in [0.2, 0.25) is 0 Å². The van der Waals surface area contributed by atoms with Crippen molar-refractivity contribution in [3.05, 3.63) is 36.2 Å². The van der Waals surface area contributed by atoms with E-state index in [4.69, 9.17) is 4.42 Å². The van der Waals surface area contributed by atoms with Crippen LogP contribution in [0.5, 0.6) is 0 Å². The van der Waals surface area contributed by atoms with Crippen LogP contribution in [0.15, 0.2) is 34.9 Å². The van der Waals surface area contributed by atoms with E-state index in [1.807, 2.05) is 41.8 Å². The van der Waals surface area contributed by atoms with Crippen molar-refractivity contribution in [3.63, 3.8) is 0 Å². The highest BCUT2D eigenvalue weighted by atomic mass is 16.3. The lowest BCUT2D eigenvalue weighted by Gasteiger charge is -1.90. The number of oxazole rings is 1. The number of rotatable bonds is 0. The van der Waals surface area contributed by atoms with Gasteiger partial charge in [-0.05, 0) is 25.1 Å². The summed E-state index contributed by atoms with van der Waals surface area (Å²) in [5.74, 6) is 0. The summed E-state index contributed by atoms with van der Waals surface area (Å²) in [7, 11) is 0. The van der Waals surface area contributed by atoms with E-state index < -0.39 is 0 Å². The fraction of sp³-hybridized carbons (Fsp3) is 0.100. The first-order valence-corrected chi connectivity index (χ1v) is 4.18. The van der Waals surface area contributed by atoms with Crippen LogP contribution in [-0.4, -0.2) is 9.38 Å². The number of pyridine rings is 1. The minimum Gasteiger partial charge on any atom is -0.437 e. The van der Waals surface area contributed by atoms with Crippen molar-refractivity contribution in [2.75, 3.05) is 0 Å². The van der Waals surface area contributed by atoms with Crippen LogP contribution in [0.3, 0.4) is 0 Å². The van der Waals surface area contributed by atoms with Crippen LogP contribution in [0, 0.1) is 6.92 Å². The molecule has 0 saturated carbocycles. The molecule has 0 atom stereocenters. The van der Waals surface area contributed by atoms with Gasteiger partial charge < -0.3 is 4.42 Å². The van der Waals surface area contributed by atoms with Gasteiger partial charge in [0.1, 0.15) is 0 Å². The standard InChI is InChI=1S/C10H8N2O/c1-7-4-5-8-10(11-7)12-6-2-3-9(12)13-8/h2-6H,1H3. The van der Waals surface area contributed by atoms with Crippen LogP contribution in [0.25, 0.3) is 16.9 Å². The summed E-state index contributed by atoms with van der Waals surface area (Å²) in [5, 5.41) is 0. The molecular formula is C10H8N2O. The molecule has 13 heavy (non-hydrogen) atoms. The lowest BCUT2D eigenvalue weighted by molar-refractivity contribution is 0.656. The number of hydrogen-bond donors (Lipinski definition) is 0. The van der Waals surface area contributed by atoms with Crippen molar-refractivity contribution in [2.24, 2.45) is 0 Å². The molecule has 0 fully saturated rings. The molecule has 3 heteroatoms. The summed E-state index contributed by atoms with van der Waals surface area (Å²) in [5.41, 5.74) is 3.57. The van der Waals surface area contributed by atoms with E-state index in [0.717, 1.165) is 22.6 Å². The van der Waals surface area contributed by atoms with Crippen LogP contribution in [0.1, 0.15) is 5.69 Å². The molecule has 0 saturated heterocycles. The highest BCUT2D eigenvalue weighted by Gasteiger charge is 2.05. The second-order valence-electron chi connectivity index (χ2n) is 3.09. The Morgan fingerprint density at radius 3 is 3.15 bits per heavy atom. The molecule has 0 aromatic carbocycles. The van der Waals surface area contributed by atoms with Gasteiger partial charge in [0.25, 0.3) is 0 Å². The van der Waals surface area contributed by atoms with Crippen LogP contribution in [0.4, 0.5) is 0 Å². The summed E-state index contributed by atoms with van der Waals surface area (Å²) in [4.78, 5) is 4.41. The molecule has 0 aliphatic rings. The molecule has 64 valence electrons. The van der Waals surface area contributed by atoms with E-state index in [9.17, 15) is 0 Å². The van der Waals surface area contributed by atoms with Crippen LogP contribution < -0.4 is 0 Å². The van der Waals surface area contributed by atoms with Crippen molar-refractivity contribution in [1.29, 1.82) is 0 Å². The number of hydrogen-bond acceptors (Lipinski definition) is 2. The molecule has 0 bridgehead atoms. The zero-order chi connectivity index (χ0) is 8.84. The molecule has 3 nitrogen and oxygen atoms in total. The molecule has 0 aliphatic carbocycles. The Morgan fingerprint density at radius 1 is 1.31 bits per heavy atom. The zero-order valence-corrected chi connectivity index (χ0v) is 7.19. The maximum absolute atomic E-state index is 5.55. The third kappa shape index (κ3) is 0.811. The molecule has 3 heterocycles. The molecule has 0 N–H and O–H groups in total. The van der Waals surface area contributed by atoms with Gasteiger partial charge in [-0.1, -0.05) is 0 Å². The molecule has 0 aliphatic heterocycles. The molecule has 3 aromatic heterocycles. The third-order valence-corrected chi connectivity index (χ3v) is 2.13. The van der Waals surface area contributed by atoms with Gasteiger partial charge in [0.15, 0.2) is 11.2 Å². The molecule has 0 amide bonds. The molecule has 3 rings (SSSR count). The largest absolute Gasteiger partial charge is 0.437 e. The van der Waals surface area contributed by atoms with Gasteiger partial charge in [0, 0.05) is 18.0 Å². The van der Waals surface area contributed by atoms with Gasteiger partial charge in [-0.15, -0.1) is 0 Å². The highest BCUT2D eigenvalue weighted by molar-refractivity contribution is 5.73. The van der Waals surface area contributed by atoms with Gasteiger partial charge in [-0.3, -0.25) is 4.40 Å². The minimum absolute atomic E-state index is 0.834. The Morgan fingerprint density at radius 2 is 2.23 bits per heavy atom. The van der Waals surface area contributed by atoms with Gasteiger partial charge in [-0.25, -0.2) is 4.98 Å². The minimum atomic E-state index is 0.834. The Balaban J connectivity index is 2.61. The predicted octanol–water partition coefficient (Wildman–Crippen LogP) is 2.39. The SMILES string of the molecule is Cc1ccc2oc3cccn3c2n1. The highest BCUT2D eigenvalue weighted by Crippen LogP contribution is 2.18. The third-order valence-electron chi connectivity index (χ3n) is 2.13. The zero-order valence-electron chi connectivity index (χ0n) is 7.19. The average Bonchev–Trinajstić information content (AvgIpc) is 2.64. The maximum Gasteiger partial charge on any atom is 0.206 e. The molecular weight excluding hydrogens is 164 g/mol. The first-order chi connectivity index (χ1) is 6.34. The predicted molar refractivity (Wildman–Crippen MR) is 49.7 cm³/mol. The Kier molecular flexibility index (Phi) is 1.10. The Hall–Kier alpha value is -1.77. The summed E-state index contributed by atoms with van der Waals surface area (Å²) < 4.78 is 7.49. The first kappa shape index (κ1) is 6.71. The summed E-state index contributed by atoms with van der Waals surface area (Å²) in [6.45, 7) is 1.97. The lowest BCUT2D eigenvalue weighted by atomic mass is 10.4. The number of aromatic nitrogens is 2. The first-order valence-electron chi connectivity index (χ1n) is 4.18. The summed E-state index contributed by atoms with van der Waals surface area (Å²) in [6, 6.07) is 7.77. The van der Waals surface area contributed by atoms with Gasteiger partial charge in [0.2, 0.25) is 5.71 Å². The second-order valence-corrected chi connectivity index (χ2v) is 3.09. The lowest BCUT2D eigenvalue weighted by Crippen LogP contribution is -1.84. The normalized spacial score (nSPS) is 11.5. The van der Waals surface area contributed by atoms with E-state index in [1.54, 1.807) is 0 Å². The van der Waals surface area contributed by atoms with Crippen molar-refractivity contribution >= 4 is 16.9 Å². The second kappa shape index (κ2) is 2.13. The molecule has 0 unspecified atom stereocenters. The van der Waals surface area contributed by atoms with Gasteiger partial charge in [0.05, 0.1) is 0 Å². The Labute approximate surface area is 74.6 Å². The molecule has 3 aromatic rings. The average molecular weight is 172 g/mol. The quantitative estimate of drug-likeness (QED) is 0.521. The summed E-state index contributed by atoms with van der Waals surface area (Å²) >= 11 is 0.